The number of methoxy groups -OCH3 is 1. The van der Waals surface area contributed by atoms with Gasteiger partial charge in [0.15, 0.2) is 23.1 Å². The van der Waals surface area contributed by atoms with Crippen molar-refractivity contribution in [3.63, 3.8) is 0 Å². The van der Waals surface area contributed by atoms with Crippen LogP contribution in [0.15, 0.2) is 22.7 Å². The Labute approximate surface area is 100 Å². The van der Waals surface area contributed by atoms with E-state index < -0.39 is 17.8 Å². The smallest absolute Gasteiger partial charge is 0.263 e. The predicted molar refractivity (Wildman–Crippen MR) is 57.8 cm³/mol. The number of hydrogen-bond donors (Lipinski definition) is 1. The van der Waals surface area contributed by atoms with E-state index in [-0.39, 0.29) is 22.9 Å². The molecule has 0 spiro atoms. The molecule has 2 N–H and O–H groups in total. The Kier molecular flexibility index (Phi) is 3.14. The monoisotopic (exact) mass is 258 g/mol. The highest BCUT2D eigenvalue weighted by Crippen LogP contribution is 2.36. The summed E-state index contributed by atoms with van der Waals surface area (Å²) in [5.41, 5.74) is 4.92. The summed E-state index contributed by atoms with van der Waals surface area (Å²) in [6, 6.07) is 3.09. The zero-order valence-electron chi connectivity index (χ0n) is 9.28. The number of ether oxygens (including phenoxy) is 1. The molecule has 1 aromatic heterocycles. The summed E-state index contributed by atoms with van der Waals surface area (Å²) in [6.07, 6.45) is -2.80. The highest BCUT2D eigenvalue weighted by Gasteiger charge is 2.20. The molecule has 4 nitrogen and oxygen atoms in total. The van der Waals surface area contributed by atoms with Gasteiger partial charge >= 0.3 is 0 Å². The number of halogens is 3. The maximum Gasteiger partial charge on any atom is 0.263 e. The lowest BCUT2D eigenvalue weighted by Crippen LogP contribution is -1.95. The summed E-state index contributed by atoms with van der Waals surface area (Å²) in [5.74, 6) is -0.975. The van der Waals surface area contributed by atoms with Gasteiger partial charge in [-0.3, -0.25) is 0 Å². The van der Waals surface area contributed by atoms with Gasteiger partial charge in [0.2, 0.25) is 0 Å². The summed E-state index contributed by atoms with van der Waals surface area (Å²) in [5, 5.41) is 3.41. The number of nitrogens with zero attached hydrogens (tertiary/aromatic N) is 1. The Balaban J connectivity index is 2.63. The zero-order valence-corrected chi connectivity index (χ0v) is 9.28. The van der Waals surface area contributed by atoms with Gasteiger partial charge in [-0.1, -0.05) is 5.16 Å². The molecule has 96 valence electrons. The molecule has 1 heterocycles. The Morgan fingerprint density at radius 3 is 2.56 bits per heavy atom. The molecule has 1 aromatic carbocycles. The van der Waals surface area contributed by atoms with E-state index >= 15 is 0 Å². The highest BCUT2D eigenvalue weighted by atomic mass is 19.3. The van der Waals surface area contributed by atoms with Gasteiger partial charge in [-0.2, -0.15) is 0 Å². The lowest BCUT2D eigenvalue weighted by Gasteiger charge is -2.09. The second-order valence-electron chi connectivity index (χ2n) is 3.50. The fraction of sp³-hybridized carbons (Fsp3) is 0.182. The predicted octanol–water partition coefficient (Wildman–Crippen LogP) is 3.01. The third-order valence-corrected chi connectivity index (χ3v) is 2.32. The van der Waals surface area contributed by atoms with Crippen molar-refractivity contribution in [2.24, 2.45) is 0 Å². The van der Waals surface area contributed by atoms with E-state index in [9.17, 15) is 13.2 Å². The van der Waals surface area contributed by atoms with Crippen molar-refractivity contribution >= 4 is 5.82 Å². The van der Waals surface area contributed by atoms with Gasteiger partial charge in [0.25, 0.3) is 6.43 Å². The topological polar surface area (TPSA) is 61.3 Å². The number of benzene rings is 1. The molecule has 2 rings (SSSR count). The molecule has 0 radical (unpaired) electrons. The van der Waals surface area contributed by atoms with Crippen LogP contribution in [0.5, 0.6) is 5.75 Å². The van der Waals surface area contributed by atoms with Gasteiger partial charge < -0.3 is 15.0 Å². The van der Waals surface area contributed by atoms with E-state index in [2.05, 4.69) is 5.16 Å². The number of nitrogens with two attached hydrogens (primary N) is 1. The van der Waals surface area contributed by atoms with E-state index in [4.69, 9.17) is 15.0 Å². The minimum absolute atomic E-state index is 0.0389. The van der Waals surface area contributed by atoms with Crippen molar-refractivity contribution in [3.8, 4) is 17.1 Å². The summed E-state index contributed by atoms with van der Waals surface area (Å²) in [6.45, 7) is 0. The number of alkyl halides is 2. The molecule has 0 fully saturated rings. The van der Waals surface area contributed by atoms with E-state index in [0.29, 0.717) is 6.07 Å². The molecule has 0 atom stereocenters. The largest absolute Gasteiger partial charge is 0.493 e. The molecular formula is C11H9F3N2O2. The SMILES string of the molecule is COc1c(F)cc(C(F)F)cc1-c1cc(N)no1. The van der Waals surface area contributed by atoms with Crippen LogP contribution in [0.2, 0.25) is 0 Å². The molecule has 18 heavy (non-hydrogen) atoms. The quantitative estimate of drug-likeness (QED) is 0.919. The van der Waals surface area contributed by atoms with Crippen molar-refractivity contribution in [1.29, 1.82) is 0 Å². The van der Waals surface area contributed by atoms with Gasteiger partial charge in [0.1, 0.15) is 0 Å². The summed E-state index contributed by atoms with van der Waals surface area (Å²) >= 11 is 0. The zero-order chi connectivity index (χ0) is 13.3. The maximum atomic E-state index is 13.6. The molecule has 0 amide bonds. The van der Waals surface area contributed by atoms with Gasteiger partial charge in [0.05, 0.1) is 12.7 Å². The lowest BCUT2D eigenvalue weighted by molar-refractivity contribution is 0.151. The Morgan fingerprint density at radius 1 is 1.33 bits per heavy atom. The van der Waals surface area contributed by atoms with Crippen LogP contribution in [0.4, 0.5) is 19.0 Å². The standard InChI is InChI=1S/C11H9F3N2O2/c1-17-10-6(8-4-9(15)16-18-8)2-5(11(13)14)3-7(10)12/h2-4,11H,1H3,(H2,15,16). The number of hydrogen-bond acceptors (Lipinski definition) is 4. The van der Waals surface area contributed by atoms with Crippen LogP contribution in [0.25, 0.3) is 11.3 Å². The fourth-order valence-electron chi connectivity index (χ4n) is 1.55. The normalized spacial score (nSPS) is 10.9. The summed E-state index contributed by atoms with van der Waals surface area (Å²) in [4.78, 5) is 0. The minimum atomic E-state index is -2.80. The average molecular weight is 258 g/mol. The van der Waals surface area contributed by atoms with E-state index in [1.807, 2.05) is 0 Å². The first-order valence-electron chi connectivity index (χ1n) is 4.91. The minimum Gasteiger partial charge on any atom is -0.493 e. The summed E-state index contributed by atoms with van der Waals surface area (Å²) < 4.78 is 48.5. The van der Waals surface area contributed by atoms with Crippen molar-refractivity contribution in [2.75, 3.05) is 12.8 Å². The number of aromatic nitrogens is 1. The first-order valence-corrected chi connectivity index (χ1v) is 4.91. The molecule has 7 heteroatoms. The second kappa shape index (κ2) is 4.59. The first-order chi connectivity index (χ1) is 8.52. The third-order valence-electron chi connectivity index (χ3n) is 2.32. The second-order valence-corrected chi connectivity index (χ2v) is 3.50. The van der Waals surface area contributed by atoms with E-state index in [1.165, 1.54) is 13.2 Å². The molecule has 0 aliphatic rings. The van der Waals surface area contributed by atoms with Crippen molar-refractivity contribution in [3.05, 3.63) is 29.6 Å². The van der Waals surface area contributed by atoms with Crippen LogP contribution >= 0.6 is 0 Å². The van der Waals surface area contributed by atoms with Gasteiger partial charge in [-0.05, 0) is 12.1 Å². The summed E-state index contributed by atoms with van der Waals surface area (Å²) in [7, 11) is 1.23. The number of nitrogen functional groups attached to an aromatic ring is 1. The molecule has 2 aromatic rings. The molecular weight excluding hydrogens is 249 g/mol. The molecule has 0 aliphatic carbocycles. The number of rotatable bonds is 3. The number of anilines is 1. The van der Waals surface area contributed by atoms with Crippen LogP contribution < -0.4 is 10.5 Å². The highest BCUT2D eigenvalue weighted by molar-refractivity contribution is 5.68. The van der Waals surface area contributed by atoms with Gasteiger partial charge in [-0.15, -0.1) is 0 Å². The molecule has 0 bridgehead atoms. The Bertz CT molecular complexity index is 569. The van der Waals surface area contributed by atoms with Crippen molar-refractivity contribution in [2.45, 2.75) is 6.43 Å². The average Bonchev–Trinajstić information content (AvgIpc) is 2.74. The van der Waals surface area contributed by atoms with Crippen molar-refractivity contribution in [1.82, 2.24) is 5.16 Å². The molecule has 0 aliphatic heterocycles. The van der Waals surface area contributed by atoms with E-state index in [1.54, 1.807) is 0 Å². The Morgan fingerprint density at radius 2 is 2.06 bits per heavy atom. The first kappa shape index (κ1) is 12.3. The van der Waals surface area contributed by atoms with Crippen LogP contribution in [-0.4, -0.2) is 12.3 Å². The van der Waals surface area contributed by atoms with Crippen LogP contribution in [-0.2, 0) is 0 Å². The van der Waals surface area contributed by atoms with Gasteiger partial charge in [0, 0.05) is 11.6 Å². The third kappa shape index (κ3) is 2.11. The Hall–Kier alpha value is -2.18. The van der Waals surface area contributed by atoms with Gasteiger partial charge in [-0.25, -0.2) is 13.2 Å². The van der Waals surface area contributed by atoms with E-state index in [0.717, 1.165) is 6.07 Å². The molecule has 0 saturated heterocycles. The molecule has 0 unspecified atom stereocenters. The lowest BCUT2D eigenvalue weighted by atomic mass is 10.1. The van der Waals surface area contributed by atoms with Crippen LogP contribution in [0, 0.1) is 5.82 Å². The molecule has 0 saturated carbocycles. The van der Waals surface area contributed by atoms with Crippen LogP contribution in [0.3, 0.4) is 0 Å². The fourth-order valence-corrected chi connectivity index (χ4v) is 1.55. The maximum absolute atomic E-state index is 13.6. The van der Waals surface area contributed by atoms with Crippen LogP contribution in [0.1, 0.15) is 12.0 Å². The van der Waals surface area contributed by atoms with Crippen molar-refractivity contribution < 1.29 is 22.4 Å².